The Morgan fingerprint density at radius 2 is 1.74 bits per heavy atom. The molecular formula is C14H9Br2NOS. The van der Waals surface area contributed by atoms with Crippen LogP contribution in [0.4, 0.5) is 5.69 Å². The number of fused-ring (bicyclic) bond motifs is 1. The molecule has 0 spiro atoms. The predicted molar refractivity (Wildman–Crippen MR) is 87.9 cm³/mol. The van der Waals surface area contributed by atoms with Crippen LogP contribution in [0.5, 0.6) is 0 Å². The van der Waals surface area contributed by atoms with Crippen molar-refractivity contribution < 1.29 is 4.79 Å². The monoisotopic (exact) mass is 397 g/mol. The molecule has 1 aliphatic heterocycles. The highest BCUT2D eigenvalue weighted by Crippen LogP contribution is 2.68. The smallest absolute Gasteiger partial charge is 0.221 e. The van der Waals surface area contributed by atoms with E-state index in [-0.39, 0.29) is 5.12 Å². The number of halogens is 2. The van der Waals surface area contributed by atoms with E-state index in [0.29, 0.717) is 5.56 Å². The lowest BCUT2D eigenvalue weighted by atomic mass is 10.2. The first kappa shape index (κ1) is 13.1. The Hall–Kier alpha value is -0.910. The fraction of sp³-hybridized carbons (Fsp3) is 0. The summed E-state index contributed by atoms with van der Waals surface area (Å²) in [5.74, 6) is 0. The van der Waals surface area contributed by atoms with Gasteiger partial charge in [0, 0.05) is 14.9 Å². The van der Waals surface area contributed by atoms with Gasteiger partial charge in [-0.3, -0.25) is 4.79 Å². The normalized spacial score (nSPS) is 23.7. The predicted octanol–water partition coefficient (Wildman–Crippen LogP) is 5.44. The fourth-order valence-electron chi connectivity index (χ4n) is 1.94. The van der Waals surface area contributed by atoms with Crippen molar-refractivity contribution in [2.75, 3.05) is 0 Å². The molecule has 1 aliphatic rings. The Morgan fingerprint density at radius 1 is 1.05 bits per heavy atom. The molecule has 0 saturated heterocycles. The van der Waals surface area contributed by atoms with E-state index in [1.165, 1.54) is 0 Å². The highest BCUT2D eigenvalue weighted by Gasteiger charge is 2.37. The van der Waals surface area contributed by atoms with Crippen LogP contribution in [0.2, 0.25) is 0 Å². The second-order valence-corrected chi connectivity index (χ2v) is 10.2. The number of hydrogen-bond donors (Lipinski definition) is 0. The minimum absolute atomic E-state index is 0.0636. The van der Waals surface area contributed by atoms with Gasteiger partial charge in [-0.2, -0.15) is 0 Å². The Morgan fingerprint density at radius 3 is 2.53 bits per heavy atom. The quantitative estimate of drug-likeness (QED) is 0.629. The number of carbonyl (C=O) groups excluding carboxylic acids is 1. The van der Waals surface area contributed by atoms with Crippen LogP contribution in [0.25, 0.3) is 0 Å². The Kier molecular flexibility index (Phi) is 3.37. The van der Waals surface area contributed by atoms with Crippen molar-refractivity contribution in [1.82, 2.24) is 0 Å². The van der Waals surface area contributed by atoms with E-state index in [4.69, 9.17) is 0 Å². The average molecular weight is 399 g/mol. The van der Waals surface area contributed by atoms with Gasteiger partial charge in [-0.15, -0.1) is 0 Å². The van der Waals surface area contributed by atoms with Crippen LogP contribution in [0.15, 0.2) is 62.9 Å². The lowest BCUT2D eigenvalue weighted by Crippen LogP contribution is -2.07. The fourth-order valence-corrected chi connectivity index (χ4v) is 5.99. The van der Waals surface area contributed by atoms with Gasteiger partial charge >= 0.3 is 0 Å². The summed E-state index contributed by atoms with van der Waals surface area (Å²) in [6.07, 6.45) is 0. The second-order valence-electron chi connectivity index (χ2n) is 4.05. The molecule has 0 amide bonds. The van der Waals surface area contributed by atoms with Crippen LogP contribution in [0.3, 0.4) is 0 Å². The molecular weight excluding hydrogens is 390 g/mol. The molecule has 19 heavy (non-hydrogen) atoms. The maximum absolute atomic E-state index is 12.8. The molecule has 0 N–H and O–H groups in total. The van der Waals surface area contributed by atoms with E-state index in [0.717, 1.165) is 15.1 Å². The molecule has 1 heterocycles. The van der Waals surface area contributed by atoms with Crippen LogP contribution >= 0.6 is 39.2 Å². The van der Waals surface area contributed by atoms with Crippen molar-refractivity contribution in [3.8, 4) is 0 Å². The van der Waals surface area contributed by atoms with Gasteiger partial charge in [0.1, 0.15) is 0 Å². The first-order chi connectivity index (χ1) is 9.13. The highest BCUT2D eigenvalue weighted by molar-refractivity contribution is 9.62. The standard InChI is InChI=1S/C14H9Br2NOS/c15-11-6-2-1-5-10(11)14(18)19(16)9-17-12-7-3-4-8-13(12)19/h1-9H. The van der Waals surface area contributed by atoms with Gasteiger partial charge in [0.25, 0.3) is 0 Å². The third-order valence-corrected chi connectivity index (χ3v) is 8.15. The van der Waals surface area contributed by atoms with E-state index in [1.54, 1.807) is 5.55 Å². The van der Waals surface area contributed by atoms with Gasteiger partial charge in [-0.1, -0.05) is 48.7 Å². The van der Waals surface area contributed by atoms with E-state index in [1.807, 2.05) is 48.5 Å². The molecule has 1 unspecified atom stereocenters. The first-order valence-electron chi connectivity index (χ1n) is 5.58. The van der Waals surface area contributed by atoms with Gasteiger partial charge in [0.15, 0.2) is 0 Å². The maximum atomic E-state index is 12.8. The number of hydrogen-bond acceptors (Lipinski definition) is 2. The summed E-state index contributed by atoms with van der Waals surface area (Å²) >= 11 is 7.08. The summed E-state index contributed by atoms with van der Waals surface area (Å²) < 4.78 is 0.809. The van der Waals surface area contributed by atoms with Crippen molar-refractivity contribution in [1.29, 1.82) is 0 Å². The van der Waals surface area contributed by atoms with Crippen molar-refractivity contribution in [2.24, 2.45) is 4.99 Å². The largest absolute Gasteiger partial charge is 0.282 e. The highest BCUT2D eigenvalue weighted by atomic mass is 79.9. The summed E-state index contributed by atoms with van der Waals surface area (Å²) in [6, 6.07) is 15.2. The van der Waals surface area contributed by atoms with Crippen molar-refractivity contribution in [3.63, 3.8) is 0 Å². The van der Waals surface area contributed by atoms with Crippen molar-refractivity contribution in [2.45, 2.75) is 4.90 Å². The van der Waals surface area contributed by atoms with Crippen LogP contribution < -0.4 is 0 Å². The van der Waals surface area contributed by atoms with Gasteiger partial charge in [0.05, 0.1) is 11.2 Å². The molecule has 5 heteroatoms. The molecule has 0 fully saturated rings. The Bertz CT molecular complexity index is 701. The average Bonchev–Trinajstić information content (AvgIpc) is 2.78. The molecule has 0 radical (unpaired) electrons. The van der Waals surface area contributed by atoms with Gasteiger partial charge < -0.3 is 0 Å². The number of nitrogens with zero attached hydrogens (tertiary/aromatic N) is 1. The van der Waals surface area contributed by atoms with E-state index >= 15 is 0 Å². The Balaban J connectivity index is 2.11. The van der Waals surface area contributed by atoms with Crippen LogP contribution in [0, 0.1) is 0 Å². The lowest BCUT2D eigenvalue weighted by molar-refractivity contribution is 0.108. The summed E-state index contributed by atoms with van der Waals surface area (Å²) in [7, 11) is -1.87. The number of benzene rings is 2. The molecule has 0 aliphatic carbocycles. The first-order valence-corrected chi connectivity index (χ1v) is 9.91. The molecule has 1 atom stereocenters. The Labute approximate surface area is 128 Å². The van der Waals surface area contributed by atoms with Crippen molar-refractivity contribution in [3.05, 3.63) is 58.6 Å². The van der Waals surface area contributed by atoms with E-state index in [2.05, 4.69) is 35.7 Å². The molecule has 2 nitrogen and oxygen atoms in total. The third kappa shape index (κ3) is 2.10. The van der Waals surface area contributed by atoms with Gasteiger partial charge in [-0.05, 0) is 39.1 Å². The van der Waals surface area contributed by atoms with Crippen LogP contribution in [-0.2, 0) is 0 Å². The van der Waals surface area contributed by atoms with Crippen LogP contribution in [0.1, 0.15) is 10.4 Å². The topological polar surface area (TPSA) is 29.4 Å². The van der Waals surface area contributed by atoms with Gasteiger partial charge in [-0.25, -0.2) is 4.99 Å². The number of rotatable bonds is 1. The lowest BCUT2D eigenvalue weighted by Gasteiger charge is -2.24. The summed E-state index contributed by atoms with van der Waals surface area (Å²) in [5, 5.41) is 0.0636. The van der Waals surface area contributed by atoms with E-state index in [9.17, 15) is 4.79 Å². The minimum Gasteiger partial charge on any atom is -0.282 e. The number of aliphatic imine (C=N–C) groups is 1. The maximum Gasteiger partial charge on any atom is 0.221 e. The zero-order chi connectivity index (χ0) is 13.5. The van der Waals surface area contributed by atoms with Crippen molar-refractivity contribution >= 4 is 55.6 Å². The van der Waals surface area contributed by atoms with Gasteiger partial charge in [0.2, 0.25) is 5.12 Å². The molecule has 0 bridgehead atoms. The third-order valence-electron chi connectivity index (χ3n) is 2.89. The molecule has 2 aromatic rings. The molecule has 0 aromatic heterocycles. The summed E-state index contributed by atoms with van der Waals surface area (Å²) in [5.41, 5.74) is 3.30. The minimum atomic E-state index is -1.87. The molecule has 96 valence electrons. The van der Waals surface area contributed by atoms with Crippen LogP contribution in [-0.4, -0.2) is 10.7 Å². The van der Waals surface area contributed by atoms with E-state index < -0.39 is 8.46 Å². The number of para-hydroxylation sites is 1. The molecule has 3 rings (SSSR count). The summed E-state index contributed by atoms with van der Waals surface area (Å²) in [6.45, 7) is 0. The molecule has 0 saturated carbocycles. The summed E-state index contributed by atoms with van der Waals surface area (Å²) in [4.78, 5) is 18.1. The molecule has 2 aromatic carbocycles. The zero-order valence-corrected chi connectivity index (χ0v) is 13.7. The second kappa shape index (κ2) is 4.89. The zero-order valence-electron chi connectivity index (χ0n) is 9.72. The SMILES string of the molecule is O=C(c1ccccc1Br)S1(Br)C=Nc2ccccc21. The number of carbonyl (C=O) groups is 1.